The maximum atomic E-state index is 13.3. The quantitative estimate of drug-likeness (QED) is 0.700. The predicted molar refractivity (Wildman–Crippen MR) is 123 cm³/mol. The fourth-order valence-electron chi connectivity index (χ4n) is 5.93. The molecule has 7 nitrogen and oxygen atoms in total. The molecule has 1 aromatic rings. The molecule has 1 aromatic carbocycles. The molecule has 32 heavy (non-hydrogen) atoms. The summed E-state index contributed by atoms with van der Waals surface area (Å²) in [5, 5.41) is 3.67. The Bertz CT molecular complexity index is 912. The third-order valence-corrected chi connectivity index (χ3v) is 7.17. The van der Waals surface area contributed by atoms with Crippen molar-refractivity contribution in [3.8, 4) is 0 Å². The lowest BCUT2D eigenvalue weighted by Gasteiger charge is -2.43. The zero-order valence-corrected chi connectivity index (χ0v) is 20.0. The van der Waals surface area contributed by atoms with Crippen LogP contribution in [0.2, 0.25) is 5.02 Å². The van der Waals surface area contributed by atoms with Gasteiger partial charge in [0.2, 0.25) is 5.91 Å². The number of carbonyl (C=O) groups excluding carboxylic acids is 3. The molecule has 3 fully saturated rings. The van der Waals surface area contributed by atoms with E-state index in [9.17, 15) is 14.4 Å². The number of urea groups is 1. The molecule has 2 unspecified atom stereocenters. The van der Waals surface area contributed by atoms with Gasteiger partial charge in [-0.05, 0) is 48.3 Å². The van der Waals surface area contributed by atoms with Crippen LogP contribution in [0.5, 0.6) is 0 Å². The topological polar surface area (TPSA) is 73.0 Å². The molecule has 174 valence electrons. The Morgan fingerprint density at radius 3 is 2.53 bits per heavy atom. The van der Waals surface area contributed by atoms with Crippen LogP contribution >= 0.6 is 11.6 Å². The third kappa shape index (κ3) is 4.79. The van der Waals surface area contributed by atoms with Crippen LogP contribution in [-0.4, -0.2) is 70.8 Å². The third-order valence-electron chi connectivity index (χ3n) is 6.94. The molecule has 2 atom stereocenters. The molecule has 3 aliphatic rings. The number of nitrogens with one attached hydrogen (secondary N) is 1. The monoisotopic (exact) mass is 460 g/mol. The number of imide groups is 1. The van der Waals surface area contributed by atoms with Crippen LogP contribution in [0.1, 0.15) is 45.6 Å². The van der Waals surface area contributed by atoms with Gasteiger partial charge in [0, 0.05) is 37.7 Å². The lowest BCUT2D eigenvalue weighted by atomic mass is 9.64. The van der Waals surface area contributed by atoms with E-state index in [1.807, 2.05) is 24.3 Å². The minimum Gasteiger partial charge on any atom is -0.339 e. The molecule has 0 radical (unpaired) electrons. The van der Waals surface area contributed by atoms with E-state index in [2.05, 4.69) is 31.0 Å². The second-order valence-electron chi connectivity index (χ2n) is 10.5. The van der Waals surface area contributed by atoms with Crippen LogP contribution in [0, 0.1) is 11.3 Å². The molecule has 4 rings (SSSR count). The SMILES string of the molecule is CC1CC(C)(C)CC2(C1)NC(=O)N(CC(=O)N1CCN(Cc3cccc(Cl)c3)CC1)C2=O. The van der Waals surface area contributed by atoms with Gasteiger partial charge in [0.15, 0.2) is 0 Å². The number of halogens is 1. The summed E-state index contributed by atoms with van der Waals surface area (Å²) >= 11 is 6.07. The fraction of sp³-hybridized carbons (Fsp3) is 0.625. The number of hydrogen-bond donors (Lipinski definition) is 1. The Morgan fingerprint density at radius 1 is 1.16 bits per heavy atom. The summed E-state index contributed by atoms with van der Waals surface area (Å²) in [6.45, 7) is 9.65. The number of carbonyl (C=O) groups is 3. The van der Waals surface area contributed by atoms with E-state index < -0.39 is 11.6 Å². The first-order valence-electron chi connectivity index (χ1n) is 11.5. The van der Waals surface area contributed by atoms with Crippen molar-refractivity contribution in [3.05, 3.63) is 34.9 Å². The number of benzene rings is 1. The summed E-state index contributed by atoms with van der Waals surface area (Å²) in [7, 11) is 0. The molecule has 1 N–H and O–H groups in total. The molecule has 0 aromatic heterocycles. The average Bonchev–Trinajstić information content (AvgIpc) is 2.90. The average molecular weight is 461 g/mol. The van der Waals surface area contributed by atoms with Gasteiger partial charge in [-0.1, -0.05) is 44.5 Å². The summed E-state index contributed by atoms with van der Waals surface area (Å²) in [4.78, 5) is 44.1. The zero-order valence-electron chi connectivity index (χ0n) is 19.2. The first-order chi connectivity index (χ1) is 15.1. The van der Waals surface area contributed by atoms with Gasteiger partial charge in [-0.25, -0.2) is 4.79 Å². The fourth-order valence-corrected chi connectivity index (χ4v) is 6.15. The molecule has 1 aliphatic carbocycles. The Kier molecular flexibility index (Phi) is 6.25. The molecule has 2 saturated heterocycles. The van der Waals surface area contributed by atoms with Gasteiger partial charge in [-0.2, -0.15) is 0 Å². The van der Waals surface area contributed by atoms with Gasteiger partial charge in [-0.3, -0.25) is 19.4 Å². The number of rotatable bonds is 4. The van der Waals surface area contributed by atoms with Gasteiger partial charge in [0.25, 0.3) is 5.91 Å². The normalized spacial score (nSPS) is 28.3. The van der Waals surface area contributed by atoms with Crippen LogP contribution in [0.3, 0.4) is 0 Å². The highest BCUT2D eigenvalue weighted by Gasteiger charge is 2.56. The Balaban J connectivity index is 1.33. The van der Waals surface area contributed by atoms with Crippen LogP contribution in [0.15, 0.2) is 24.3 Å². The minimum absolute atomic E-state index is 0.0278. The molecule has 1 saturated carbocycles. The zero-order chi connectivity index (χ0) is 23.1. The maximum absolute atomic E-state index is 13.3. The van der Waals surface area contributed by atoms with E-state index in [1.165, 1.54) is 0 Å². The molecule has 2 heterocycles. The standard InChI is InChI=1S/C24H33ClN4O3/c1-17-12-23(2,3)16-24(13-17)21(31)29(22(32)26-24)15-20(30)28-9-7-27(8-10-28)14-18-5-4-6-19(25)11-18/h4-6,11,17H,7-10,12-16H2,1-3H3,(H,26,32). The second kappa shape index (κ2) is 8.67. The highest BCUT2D eigenvalue weighted by atomic mass is 35.5. The number of piperazine rings is 1. The number of hydrogen-bond acceptors (Lipinski definition) is 4. The molecular weight excluding hydrogens is 428 g/mol. The molecule has 4 amide bonds. The van der Waals surface area contributed by atoms with Gasteiger partial charge in [0.05, 0.1) is 0 Å². The first kappa shape index (κ1) is 23.1. The van der Waals surface area contributed by atoms with E-state index in [0.29, 0.717) is 31.8 Å². The summed E-state index contributed by atoms with van der Waals surface area (Å²) in [6.07, 6.45) is 2.27. The van der Waals surface area contributed by atoms with Crippen molar-refractivity contribution < 1.29 is 14.4 Å². The summed E-state index contributed by atoms with van der Waals surface area (Å²) in [5.41, 5.74) is 0.250. The smallest absolute Gasteiger partial charge is 0.325 e. The van der Waals surface area contributed by atoms with E-state index in [0.717, 1.165) is 41.5 Å². The van der Waals surface area contributed by atoms with E-state index in [4.69, 9.17) is 11.6 Å². The first-order valence-corrected chi connectivity index (χ1v) is 11.8. The van der Waals surface area contributed by atoms with E-state index in [1.54, 1.807) is 4.90 Å². The van der Waals surface area contributed by atoms with Crippen molar-refractivity contribution in [3.63, 3.8) is 0 Å². The predicted octanol–water partition coefficient (Wildman–Crippen LogP) is 3.12. The highest BCUT2D eigenvalue weighted by Crippen LogP contribution is 2.46. The van der Waals surface area contributed by atoms with Gasteiger partial charge in [0.1, 0.15) is 12.1 Å². The summed E-state index contributed by atoms with van der Waals surface area (Å²) < 4.78 is 0. The van der Waals surface area contributed by atoms with Crippen molar-refractivity contribution in [1.82, 2.24) is 20.0 Å². The number of nitrogens with zero attached hydrogens (tertiary/aromatic N) is 3. The second-order valence-corrected chi connectivity index (χ2v) is 11.0. The van der Waals surface area contributed by atoms with Gasteiger partial charge < -0.3 is 10.2 Å². The van der Waals surface area contributed by atoms with Crippen LogP contribution < -0.4 is 5.32 Å². The van der Waals surface area contributed by atoms with Crippen LogP contribution in [0.4, 0.5) is 4.79 Å². The number of amides is 4. The largest absolute Gasteiger partial charge is 0.339 e. The van der Waals surface area contributed by atoms with Crippen LogP contribution in [-0.2, 0) is 16.1 Å². The molecule has 2 aliphatic heterocycles. The van der Waals surface area contributed by atoms with Crippen molar-refractivity contribution in [1.29, 1.82) is 0 Å². The van der Waals surface area contributed by atoms with Crippen molar-refractivity contribution >= 4 is 29.4 Å². The Hall–Kier alpha value is -2.12. The van der Waals surface area contributed by atoms with E-state index in [-0.39, 0.29) is 23.8 Å². The lowest BCUT2D eigenvalue weighted by Crippen LogP contribution is -2.55. The van der Waals surface area contributed by atoms with Gasteiger partial charge in [-0.15, -0.1) is 0 Å². The van der Waals surface area contributed by atoms with Crippen LogP contribution in [0.25, 0.3) is 0 Å². The summed E-state index contributed by atoms with van der Waals surface area (Å²) in [6, 6.07) is 7.37. The van der Waals surface area contributed by atoms with E-state index >= 15 is 0 Å². The Labute approximate surface area is 195 Å². The molecular formula is C24H33ClN4O3. The highest BCUT2D eigenvalue weighted by molar-refractivity contribution is 6.30. The van der Waals surface area contributed by atoms with Crippen molar-refractivity contribution in [2.75, 3.05) is 32.7 Å². The summed E-state index contributed by atoms with van der Waals surface area (Å²) in [5.74, 6) is -0.0719. The molecule has 0 bridgehead atoms. The minimum atomic E-state index is -0.867. The lowest BCUT2D eigenvalue weighted by molar-refractivity contribution is -0.141. The molecule has 8 heteroatoms. The molecule has 1 spiro atoms. The van der Waals surface area contributed by atoms with Crippen molar-refractivity contribution in [2.45, 2.75) is 52.1 Å². The van der Waals surface area contributed by atoms with Gasteiger partial charge >= 0.3 is 6.03 Å². The maximum Gasteiger partial charge on any atom is 0.325 e. The van der Waals surface area contributed by atoms with Crippen molar-refractivity contribution in [2.24, 2.45) is 11.3 Å². The Morgan fingerprint density at radius 2 is 1.88 bits per heavy atom.